The average Bonchev–Trinajstić information content (AvgIpc) is 2.99. The van der Waals surface area contributed by atoms with Crippen LogP contribution in [0.15, 0.2) is 18.6 Å². The number of nitrogens with zero attached hydrogens (tertiary/aromatic N) is 5. The number of amides is 1. The van der Waals surface area contributed by atoms with Gasteiger partial charge in [-0.25, -0.2) is 9.97 Å². The maximum Gasteiger partial charge on any atom is 0.271 e. The van der Waals surface area contributed by atoms with E-state index in [1.54, 1.807) is 23.3 Å². The van der Waals surface area contributed by atoms with Crippen molar-refractivity contribution in [1.82, 2.24) is 25.1 Å². The average molecular weight is 330 g/mol. The Hall–Kier alpha value is -2.68. The zero-order valence-corrected chi connectivity index (χ0v) is 13.9. The first-order valence-electron chi connectivity index (χ1n) is 7.91. The van der Waals surface area contributed by atoms with Gasteiger partial charge in [0.2, 0.25) is 0 Å². The molecule has 3 heterocycles. The number of primary amides is 1. The van der Waals surface area contributed by atoms with Gasteiger partial charge in [0.15, 0.2) is 11.5 Å². The molecule has 0 aromatic carbocycles. The molecule has 0 bridgehead atoms. The highest BCUT2D eigenvalue weighted by Crippen LogP contribution is 2.23. The molecule has 9 nitrogen and oxygen atoms in total. The lowest BCUT2D eigenvalue weighted by Gasteiger charge is -2.33. The number of nitrogens with one attached hydrogen (secondary N) is 2. The van der Waals surface area contributed by atoms with Crippen LogP contribution in [0.3, 0.4) is 0 Å². The van der Waals surface area contributed by atoms with Crippen molar-refractivity contribution in [2.75, 3.05) is 30.4 Å². The first-order chi connectivity index (χ1) is 11.6. The molecule has 2 aromatic heterocycles. The van der Waals surface area contributed by atoms with Gasteiger partial charge < -0.3 is 21.3 Å². The number of likely N-dealkylation sites (N-methyl/N-ethyl adjacent to an activating group) is 1. The van der Waals surface area contributed by atoms with Crippen LogP contribution in [0.5, 0.6) is 0 Å². The van der Waals surface area contributed by atoms with Crippen LogP contribution >= 0.6 is 0 Å². The van der Waals surface area contributed by atoms with Crippen LogP contribution in [-0.2, 0) is 7.05 Å². The summed E-state index contributed by atoms with van der Waals surface area (Å²) in [5.41, 5.74) is 6.26. The van der Waals surface area contributed by atoms with Gasteiger partial charge >= 0.3 is 0 Å². The van der Waals surface area contributed by atoms with E-state index in [1.165, 1.54) is 0 Å². The highest BCUT2D eigenvalue weighted by atomic mass is 16.1. The van der Waals surface area contributed by atoms with Gasteiger partial charge in [-0.3, -0.25) is 9.48 Å². The zero-order valence-electron chi connectivity index (χ0n) is 13.9. The molecule has 1 aliphatic rings. The van der Waals surface area contributed by atoms with E-state index in [4.69, 9.17) is 5.73 Å². The van der Waals surface area contributed by atoms with Gasteiger partial charge in [-0.1, -0.05) is 0 Å². The first kappa shape index (κ1) is 16.2. The highest BCUT2D eigenvalue weighted by molar-refractivity contribution is 5.96. The molecule has 1 atom stereocenters. The van der Waals surface area contributed by atoms with Gasteiger partial charge in [-0.15, -0.1) is 0 Å². The number of anilines is 3. The van der Waals surface area contributed by atoms with Crippen molar-refractivity contribution in [3.8, 4) is 0 Å². The summed E-state index contributed by atoms with van der Waals surface area (Å²) in [6.45, 7) is 1.77. The normalized spacial score (nSPS) is 17.8. The predicted molar refractivity (Wildman–Crippen MR) is 91.3 cm³/mol. The van der Waals surface area contributed by atoms with Crippen LogP contribution in [0.1, 0.15) is 23.3 Å². The van der Waals surface area contributed by atoms with E-state index in [0.29, 0.717) is 11.9 Å². The molecule has 24 heavy (non-hydrogen) atoms. The standard InChI is InChI=1S/C15H22N8O/c1-17-10-4-3-5-23(9-10)12-7-18-13(14(16)24)15(21-12)20-11-6-19-22(2)8-11/h6-8,10,17H,3-5,9H2,1-2H3,(H2,16,24)(H,20,21)/t10-/m1/s1. The number of carbonyl (C=O) groups excluding carboxylic acids is 1. The minimum Gasteiger partial charge on any atom is -0.364 e. The fourth-order valence-electron chi connectivity index (χ4n) is 2.84. The Bertz CT molecular complexity index is 728. The van der Waals surface area contributed by atoms with Crippen LogP contribution in [0.4, 0.5) is 17.3 Å². The fourth-order valence-corrected chi connectivity index (χ4v) is 2.84. The van der Waals surface area contributed by atoms with Crippen LogP contribution < -0.4 is 21.3 Å². The quantitative estimate of drug-likeness (QED) is 0.719. The molecule has 1 fully saturated rings. The molecule has 1 saturated heterocycles. The summed E-state index contributed by atoms with van der Waals surface area (Å²) in [4.78, 5) is 22.6. The molecule has 128 valence electrons. The minimum absolute atomic E-state index is 0.116. The number of rotatable bonds is 5. The van der Waals surface area contributed by atoms with E-state index in [9.17, 15) is 4.79 Å². The zero-order chi connectivity index (χ0) is 17.1. The van der Waals surface area contributed by atoms with Gasteiger partial charge in [0.25, 0.3) is 5.91 Å². The monoisotopic (exact) mass is 330 g/mol. The summed E-state index contributed by atoms with van der Waals surface area (Å²) in [5.74, 6) is 0.457. The molecule has 3 rings (SSSR count). The third-order valence-corrected chi connectivity index (χ3v) is 4.11. The van der Waals surface area contributed by atoms with E-state index < -0.39 is 5.91 Å². The molecule has 4 N–H and O–H groups in total. The molecule has 9 heteroatoms. The first-order valence-corrected chi connectivity index (χ1v) is 7.91. The molecule has 0 spiro atoms. The maximum absolute atomic E-state index is 11.6. The van der Waals surface area contributed by atoms with Crippen molar-refractivity contribution in [3.05, 3.63) is 24.3 Å². The number of nitrogens with two attached hydrogens (primary N) is 1. The van der Waals surface area contributed by atoms with Gasteiger partial charge in [0.05, 0.1) is 18.1 Å². The van der Waals surface area contributed by atoms with Gasteiger partial charge in [0, 0.05) is 32.4 Å². The molecule has 0 saturated carbocycles. The van der Waals surface area contributed by atoms with E-state index in [2.05, 4.69) is 30.6 Å². The van der Waals surface area contributed by atoms with Crippen molar-refractivity contribution in [2.45, 2.75) is 18.9 Å². The van der Waals surface area contributed by atoms with Crippen molar-refractivity contribution >= 4 is 23.2 Å². The Morgan fingerprint density at radius 3 is 2.92 bits per heavy atom. The molecule has 1 aliphatic heterocycles. The van der Waals surface area contributed by atoms with E-state index in [-0.39, 0.29) is 5.69 Å². The van der Waals surface area contributed by atoms with Gasteiger partial charge in [0.1, 0.15) is 5.82 Å². The second-order valence-electron chi connectivity index (χ2n) is 5.89. The molecule has 1 amide bonds. The Morgan fingerprint density at radius 2 is 2.25 bits per heavy atom. The second kappa shape index (κ2) is 6.83. The fraction of sp³-hybridized carbons (Fsp3) is 0.467. The maximum atomic E-state index is 11.6. The Balaban J connectivity index is 1.89. The molecule has 2 aromatic rings. The molecule has 0 aliphatic carbocycles. The molecule has 0 unspecified atom stereocenters. The minimum atomic E-state index is -0.618. The summed E-state index contributed by atoms with van der Waals surface area (Å²) < 4.78 is 1.66. The van der Waals surface area contributed by atoms with Crippen LogP contribution in [0, 0.1) is 0 Å². The van der Waals surface area contributed by atoms with Crippen LogP contribution in [0.25, 0.3) is 0 Å². The van der Waals surface area contributed by atoms with Crippen molar-refractivity contribution in [3.63, 3.8) is 0 Å². The summed E-state index contributed by atoms with van der Waals surface area (Å²) in [6.07, 6.45) is 7.26. The smallest absolute Gasteiger partial charge is 0.271 e. The largest absolute Gasteiger partial charge is 0.364 e. The Kier molecular flexibility index (Phi) is 4.61. The van der Waals surface area contributed by atoms with E-state index >= 15 is 0 Å². The number of aromatic nitrogens is 4. The number of hydrogen-bond acceptors (Lipinski definition) is 7. The number of hydrogen-bond donors (Lipinski definition) is 3. The summed E-state index contributed by atoms with van der Waals surface area (Å²) in [5, 5.41) is 10.5. The van der Waals surface area contributed by atoms with E-state index in [1.807, 2.05) is 14.1 Å². The third-order valence-electron chi connectivity index (χ3n) is 4.11. The lowest BCUT2D eigenvalue weighted by atomic mass is 10.1. The highest BCUT2D eigenvalue weighted by Gasteiger charge is 2.22. The van der Waals surface area contributed by atoms with Crippen molar-refractivity contribution in [2.24, 2.45) is 12.8 Å². The summed E-state index contributed by atoms with van der Waals surface area (Å²) in [6, 6.07) is 0.422. The van der Waals surface area contributed by atoms with Gasteiger partial charge in [-0.2, -0.15) is 5.10 Å². The predicted octanol–water partition coefficient (Wildman–Crippen LogP) is 0.241. The Morgan fingerprint density at radius 1 is 1.42 bits per heavy atom. The molecule has 0 radical (unpaired) electrons. The Labute approximate surface area is 140 Å². The van der Waals surface area contributed by atoms with Crippen molar-refractivity contribution < 1.29 is 4.79 Å². The lowest BCUT2D eigenvalue weighted by Crippen LogP contribution is -2.44. The van der Waals surface area contributed by atoms with Crippen molar-refractivity contribution in [1.29, 1.82) is 0 Å². The second-order valence-corrected chi connectivity index (χ2v) is 5.89. The SMILES string of the molecule is CN[C@@H]1CCCN(c2cnc(C(N)=O)c(Nc3cnn(C)c3)n2)C1. The third kappa shape index (κ3) is 3.46. The summed E-state index contributed by atoms with van der Waals surface area (Å²) >= 11 is 0. The summed E-state index contributed by atoms with van der Waals surface area (Å²) in [7, 11) is 3.78. The number of aryl methyl sites for hydroxylation is 1. The number of carbonyl (C=O) groups is 1. The van der Waals surface area contributed by atoms with Crippen LogP contribution in [-0.4, -0.2) is 51.8 Å². The number of piperidine rings is 1. The van der Waals surface area contributed by atoms with Gasteiger partial charge in [-0.05, 0) is 19.9 Å². The lowest BCUT2D eigenvalue weighted by molar-refractivity contribution is 0.0996. The van der Waals surface area contributed by atoms with Crippen LogP contribution in [0.2, 0.25) is 0 Å². The molecular weight excluding hydrogens is 308 g/mol. The van der Waals surface area contributed by atoms with E-state index in [0.717, 1.165) is 37.4 Å². The molecular formula is C15H22N8O. The topological polar surface area (TPSA) is 114 Å².